The number of benzene rings is 1. The standard InChI is InChI=1S/C15H16N2O3/c1-10-9-12(15(19)20-2)11-5-3-4-6-13(11)17(10)14(18)7-8-16/h3-6,10,12H,7,9H2,1-2H3. The molecule has 0 bridgehead atoms. The third-order valence-corrected chi connectivity index (χ3v) is 3.57. The van der Waals surface area contributed by atoms with Crippen molar-refractivity contribution in [3.63, 3.8) is 0 Å². The number of hydrogen-bond donors (Lipinski definition) is 0. The van der Waals surface area contributed by atoms with Crippen molar-refractivity contribution < 1.29 is 14.3 Å². The molecule has 0 aliphatic carbocycles. The molecule has 104 valence electrons. The summed E-state index contributed by atoms with van der Waals surface area (Å²) in [6.07, 6.45) is 0.336. The summed E-state index contributed by atoms with van der Waals surface area (Å²) in [4.78, 5) is 25.6. The Labute approximate surface area is 117 Å². The Hall–Kier alpha value is -2.35. The predicted octanol–water partition coefficient (Wildman–Crippen LogP) is 1.98. The second-order valence-corrected chi connectivity index (χ2v) is 4.82. The quantitative estimate of drug-likeness (QED) is 0.772. The number of anilines is 1. The summed E-state index contributed by atoms with van der Waals surface area (Å²) < 4.78 is 4.84. The highest BCUT2D eigenvalue weighted by molar-refractivity contribution is 5.98. The number of rotatable bonds is 2. The number of carbonyl (C=O) groups is 2. The average Bonchev–Trinajstić information content (AvgIpc) is 2.45. The van der Waals surface area contributed by atoms with Gasteiger partial charge < -0.3 is 9.64 Å². The van der Waals surface area contributed by atoms with Gasteiger partial charge in [0, 0.05) is 11.7 Å². The molecule has 5 heteroatoms. The Morgan fingerprint density at radius 2 is 2.15 bits per heavy atom. The number of esters is 1. The second-order valence-electron chi connectivity index (χ2n) is 4.82. The van der Waals surface area contributed by atoms with Crippen molar-refractivity contribution >= 4 is 17.6 Å². The van der Waals surface area contributed by atoms with Crippen molar-refractivity contribution in [2.45, 2.75) is 31.7 Å². The molecule has 2 unspecified atom stereocenters. The number of nitrogens with zero attached hydrogens (tertiary/aromatic N) is 2. The third-order valence-electron chi connectivity index (χ3n) is 3.57. The Kier molecular flexibility index (Phi) is 4.04. The zero-order chi connectivity index (χ0) is 14.7. The number of methoxy groups -OCH3 is 1. The molecule has 1 aromatic carbocycles. The van der Waals surface area contributed by atoms with Crippen molar-refractivity contribution in [2.75, 3.05) is 12.0 Å². The zero-order valence-electron chi connectivity index (χ0n) is 11.5. The number of nitriles is 1. The van der Waals surface area contributed by atoms with E-state index in [1.54, 1.807) is 11.0 Å². The molecule has 20 heavy (non-hydrogen) atoms. The molecule has 2 atom stereocenters. The van der Waals surface area contributed by atoms with E-state index in [0.717, 1.165) is 5.56 Å². The van der Waals surface area contributed by atoms with Crippen LogP contribution in [0.15, 0.2) is 24.3 Å². The van der Waals surface area contributed by atoms with Crippen LogP contribution in [-0.2, 0) is 14.3 Å². The van der Waals surface area contributed by atoms with Gasteiger partial charge in [-0.1, -0.05) is 18.2 Å². The fraction of sp³-hybridized carbons (Fsp3) is 0.400. The van der Waals surface area contributed by atoms with E-state index in [2.05, 4.69) is 0 Å². The molecule has 0 spiro atoms. The van der Waals surface area contributed by atoms with Gasteiger partial charge in [-0.3, -0.25) is 9.59 Å². The summed E-state index contributed by atoms with van der Waals surface area (Å²) in [5.41, 5.74) is 1.48. The zero-order valence-corrected chi connectivity index (χ0v) is 11.5. The number of hydrogen-bond acceptors (Lipinski definition) is 4. The highest BCUT2D eigenvalue weighted by atomic mass is 16.5. The Morgan fingerprint density at radius 3 is 2.80 bits per heavy atom. The maximum absolute atomic E-state index is 12.1. The summed E-state index contributed by atoms with van der Waals surface area (Å²) in [6, 6.07) is 9.01. The number of para-hydroxylation sites is 1. The van der Waals surface area contributed by atoms with Crippen LogP contribution in [0.1, 0.15) is 31.2 Å². The lowest BCUT2D eigenvalue weighted by Crippen LogP contribution is -2.44. The average molecular weight is 272 g/mol. The van der Waals surface area contributed by atoms with Crippen molar-refractivity contribution in [2.24, 2.45) is 0 Å². The lowest BCUT2D eigenvalue weighted by molar-refractivity contribution is -0.143. The van der Waals surface area contributed by atoms with Gasteiger partial charge in [-0.2, -0.15) is 5.26 Å². The molecular formula is C15H16N2O3. The summed E-state index contributed by atoms with van der Waals surface area (Å²) in [5, 5.41) is 8.71. The van der Waals surface area contributed by atoms with Crippen molar-refractivity contribution in [3.8, 4) is 6.07 Å². The molecule has 0 fully saturated rings. The van der Waals surface area contributed by atoms with Gasteiger partial charge in [-0.05, 0) is 25.0 Å². The van der Waals surface area contributed by atoms with Crippen LogP contribution in [0, 0.1) is 11.3 Å². The molecule has 2 rings (SSSR count). The lowest BCUT2D eigenvalue weighted by atomic mass is 9.86. The van der Waals surface area contributed by atoms with Crippen LogP contribution in [0.4, 0.5) is 5.69 Å². The molecule has 0 saturated heterocycles. The van der Waals surface area contributed by atoms with Crippen LogP contribution < -0.4 is 4.90 Å². The minimum absolute atomic E-state index is 0.144. The van der Waals surface area contributed by atoms with Gasteiger partial charge in [0.2, 0.25) is 5.91 Å². The fourth-order valence-electron chi connectivity index (χ4n) is 2.71. The second kappa shape index (κ2) is 5.74. The van der Waals surface area contributed by atoms with Gasteiger partial charge in [0.15, 0.2) is 0 Å². The molecule has 1 aliphatic heterocycles. The maximum atomic E-state index is 12.1. The monoisotopic (exact) mass is 272 g/mol. The number of amides is 1. The predicted molar refractivity (Wildman–Crippen MR) is 73.0 cm³/mol. The molecule has 1 heterocycles. The molecule has 0 N–H and O–H groups in total. The van der Waals surface area contributed by atoms with Crippen molar-refractivity contribution in [1.29, 1.82) is 5.26 Å². The third kappa shape index (κ3) is 2.37. The van der Waals surface area contributed by atoms with E-state index in [4.69, 9.17) is 10.00 Å². The van der Waals surface area contributed by atoms with Gasteiger partial charge >= 0.3 is 5.97 Å². The number of ether oxygens (including phenoxy) is 1. The lowest BCUT2D eigenvalue weighted by Gasteiger charge is -2.38. The van der Waals surface area contributed by atoms with Gasteiger partial charge in [0.05, 0.1) is 19.1 Å². The van der Waals surface area contributed by atoms with Gasteiger partial charge in [0.1, 0.15) is 6.42 Å². The van der Waals surface area contributed by atoms with Gasteiger partial charge in [-0.25, -0.2) is 0 Å². The van der Waals surface area contributed by atoms with Crippen LogP contribution in [-0.4, -0.2) is 25.0 Å². The van der Waals surface area contributed by atoms with E-state index in [1.165, 1.54) is 7.11 Å². The van der Waals surface area contributed by atoms with Gasteiger partial charge in [0.25, 0.3) is 0 Å². The molecule has 0 aromatic heterocycles. The maximum Gasteiger partial charge on any atom is 0.313 e. The SMILES string of the molecule is COC(=O)C1CC(C)N(C(=O)CC#N)c2ccccc21. The van der Waals surface area contributed by atoms with Crippen LogP contribution >= 0.6 is 0 Å². The first-order valence-corrected chi connectivity index (χ1v) is 6.46. The van der Waals surface area contributed by atoms with E-state index in [9.17, 15) is 9.59 Å². The molecular weight excluding hydrogens is 256 g/mol. The first-order chi connectivity index (χ1) is 9.60. The van der Waals surface area contributed by atoms with E-state index in [1.807, 2.05) is 31.2 Å². The fourth-order valence-corrected chi connectivity index (χ4v) is 2.71. The van der Waals surface area contributed by atoms with Crippen LogP contribution in [0.5, 0.6) is 0 Å². The smallest absolute Gasteiger partial charge is 0.313 e. The van der Waals surface area contributed by atoms with E-state index >= 15 is 0 Å². The van der Waals surface area contributed by atoms with E-state index in [-0.39, 0.29) is 30.3 Å². The summed E-state index contributed by atoms with van der Waals surface area (Å²) in [7, 11) is 1.36. The Morgan fingerprint density at radius 1 is 1.45 bits per heavy atom. The van der Waals surface area contributed by atoms with Crippen molar-refractivity contribution in [1.82, 2.24) is 0 Å². The van der Waals surface area contributed by atoms with Crippen molar-refractivity contribution in [3.05, 3.63) is 29.8 Å². The minimum Gasteiger partial charge on any atom is -0.469 e. The summed E-state index contributed by atoms with van der Waals surface area (Å²) in [6.45, 7) is 1.88. The van der Waals surface area contributed by atoms with E-state index in [0.29, 0.717) is 12.1 Å². The Balaban J connectivity index is 2.46. The summed E-state index contributed by atoms with van der Waals surface area (Å²) in [5.74, 6) is -0.898. The molecule has 1 aromatic rings. The normalized spacial score (nSPS) is 20.8. The van der Waals surface area contributed by atoms with Gasteiger partial charge in [-0.15, -0.1) is 0 Å². The highest BCUT2D eigenvalue weighted by Gasteiger charge is 2.37. The topological polar surface area (TPSA) is 70.4 Å². The Bertz CT molecular complexity index is 577. The molecule has 5 nitrogen and oxygen atoms in total. The van der Waals surface area contributed by atoms with Crippen LogP contribution in [0.25, 0.3) is 0 Å². The number of carbonyl (C=O) groups excluding carboxylic acids is 2. The summed E-state index contributed by atoms with van der Waals surface area (Å²) >= 11 is 0. The van der Waals surface area contributed by atoms with E-state index < -0.39 is 0 Å². The first kappa shape index (κ1) is 14.1. The largest absolute Gasteiger partial charge is 0.469 e. The molecule has 1 amide bonds. The number of fused-ring (bicyclic) bond motifs is 1. The van der Waals surface area contributed by atoms with Crippen LogP contribution in [0.3, 0.4) is 0 Å². The minimum atomic E-state index is -0.364. The first-order valence-electron chi connectivity index (χ1n) is 6.46. The highest BCUT2D eigenvalue weighted by Crippen LogP contribution is 2.39. The van der Waals surface area contributed by atoms with Crippen LogP contribution in [0.2, 0.25) is 0 Å². The molecule has 0 saturated carbocycles. The molecule has 0 radical (unpaired) electrons. The molecule has 1 aliphatic rings.